The van der Waals surface area contributed by atoms with Gasteiger partial charge in [-0.2, -0.15) is 4.31 Å². The van der Waals surface area contributed by atoms with Crippen molar-refractivity contribution in [3.05, 3.63) is 95.6 Å². The molecule has 8 heteroatoms. The molecule has 1 N–H and O–H groups in total. The number of esters is 1. The van der Waals surface area contributed by atoms with E-state index in [0.717, 1.165) is 28.3 Å². The van der Waals surface area contributed by atoms with Gasteiger partial charge in [0.1, 0.15) is 0 Å². The first kappa shape index (κ1) is 26.1. The molecule has 0 radical (unpaired) electrons. The summed E-state index contributed by atoms with van der Waals surface area (Å²) < 4.78 is 33.0. The lowest BCUT2D eigenvalue weighted by Crippen LogP contribution is -2.37. The Morgan fingerprint density at radius 2 is 1.57 bits per heavy atom. The highest BCUT2D eigenvalue weighted by Crippen LogP contribution is 2.19. The van der Waals surface area contributed by atoms with Crippen LogP contribution in [0.5, 0.6) is 0 Å². The van der Waals surface area contributed by atoms with Crippen molar-refractivity contribution in [1.82, 2.24) is 4.31 Å². The highest BCUT2D eigenvalue weighted by Gasteiger charge is 2.27. The minimum Gasteiger partial charge on any atom is -0.462 e. The van der Waals surface area contributed by atoms with Crippen molar-refractivity contribution in [1.29, 1.82) is 0 Å². The van der Waals surface area contributed by atoms with E-state index >= 15 is 0 Å². The van der Waals surface area contributed by atoms with Crippen molar-refractivity contribution < 1.29 is 22.7 Å². The standard InChI is InChI=1S/C27H30N2O5S/c1-3-4-18-34-27(31)23-14-16-24(17-15-23)28-26(30)20-29(19-22-12-10-21(2)11-13-22)35(32,33)25-8-6-5-7-9-25/h5-17H,3-4,18-20H2,1-2H3,(H,28,30). The van der Waals surface area contributed by atoms with Gasteiger partial charge < -0.3 is 10.1 Å². The molecular formula is C27H30N2O5S. The molecule has 0 aromatic heterocycles. The van der Waals surface area contributed by atoms with Crippen LogP contribution in [0.2, 0.25) is 0 Å². The van der Waals surface area contributed by atoms with Crippen LogP contribution in [0.4, 0.5) is 5.69 Å². The molecule has 3 aromatic carbocycles. The van der Waals surface area contributed by atoms with Gasteiger partial charge in [0, 0.05) is 12.2 Å². The highest BCUT2D eigenvalue weighted by molar-refractivity contribution is 7.89. The summed E-state index contributed by atoms with van der Waals surface area (Å²) in [6.45, 7) is 4.00. The highest BCUT2D eigenvalue weighted by atomic mass is 32.2. The number of rotatable bonds is 11. The maximum atomic E-state index is 13.3. The molecule has 0 aliphatic carbocycles. The molecular weight excluding hydrogens is 464 g/mol. The lowest BCUT2D eigenvalue weighted by atomic mass is 10.1. The number of sulfonamides is 1. The van der Waals surface area contributed by atoms with Crippen molar-refractivity contribution in [3.8, 4) is 0 Å². The molecule has 0 fully saturated rings. The minimum absolute atomic E-state index is 0.0491. The fourth-order valence-electron chi connectivity index (χ4n) is 3.31. The molecule has 0 aliphatic rings. The maximum Gasteiger partial charge on any atom is 0.338 e. The number of benzene rings is 3. The van der Waals surface area contributed by atoms with Gasteiger partial charge in [-0.3, -0.25) is 4.79 Å². The Balaban J connectivity index is 1.72. The molecule has 0 atom stereocenters. The number of nitrogens with one attached hydrogen (secondary N) is 1. The van der Waals surface area contributed by atoms with E-state index in [0.29, 0.717) is 17.9 Å². The van der Waals surface area contributed by atoms with Crippen LogP contribution < -0.4 is 5.32 Å². The summed E-state index contributed by atoms with van der Waals surface area (Å²) in [6, 6.07) is 21.8. The molecule has 7 nitrogen and oxygen atoms in total. The Bertz CT molecular complexity index is 1220. The van der Waals surface area contributed by atoms with Crippen LogP contribution >= 0.6 is 0 Å². The van der Waals surface area contributed by atoms with E-state index in [9.17, 15) is 18.0 Å². The van der Waals surface area contributed by atoms with Gasteiger partial charge in [0.25, 0.3) is 0 Å². The summed E-state index contributed by atoms with van der Waals surface area (Å²) in [4.78, 5) is 25.0. The second-order valence-corrected chi connectivity index (χ2v) is 10.1. The Labute approximate surface area is 206 Å². The van der Waals surface area contributed by atoms with Crippen LogP contribution in [-0.4, -0.2) is 37.8 Å². The van der Waals surface area contributed by atoms with Gasteiger partial charge in [-0.15, -0.1) is 0 Å². The summed E-state index contributed by atoms with van der Waals surface area (Å²) in [5, 5.41) is 2.71. The minimum atomic E-state index is -3.91. The predicted octanol–water partition coefficient (Wildman–Crippen LogP) is 4.78. The third-order valence-electron chi connectivity index (χ3n) is 5.32. The number of hydrogen-bond donors (Lipinski definition) is 1. The number of hydrogen-bond acceptors (Lipinski definition) is 5. The van der Waals surface area contributed by atoms with E-state index in [1.54, 1.807) is 42.5 Å². The third kappa shape index (κ3) is 7.50. The number of ether oxygens (including phenoxy) is 1. The molecule has 1 amide bonds. The van der Waals surface area contributed by atoms with Gasteiger partial charge in [-0.25, -0.2) is 13.2 Å². The zero-order chi connectivity index (χ0) is 25.3. The van der Waals surface area contributed by atoms with Crippen molar-refractivity contribution in [2.45, 2.75) is 38.1 Å². The fraction of sp³-hybridized carbons (Fsp3) is 0.259. The first-order valence-electron chi connectivity index (χ1n) is 11.5. The van der Waals surface area contributed by atoms with Crippen LogP contribution in [0.3, 0.4) is 0 Å². The quantitative estimate of drug-likeness (QED) is 0.306. The van der Waals surface area contributed by atoms with Gasteiger partial charge in [-0.05, 0) is 55.3 Å². The molecule has 184 valence electrons. The van der Waals surface area contributed by atoms with Crippen LogP contribution in [0.1, 0.15) is 41.3 Å². The van der Waals surface area contributed by atoms with Crippen LogP contribution in [0, 0.1) is 6.92 Å². The third-order valence-corrected chi connectivity index (χ3v) is 7.12. The number of nitrogens with zero attached hydrogens (tertiary/aromatic N) is 1. The molecule has 0 aliphatic heterocycles. The number of anilines is 1. The van der Waals surface area contributed by atoms with Crippen LogP contribution in [0.15, 0.2) is 83.8 Å². The molecule has 3 aromatic rings. The summed E-state index contributed by atoms with van der Waals surface area (Å²) in [5.41, 5.74) is 2.66. The monoisotopic (exact) mass is 494 g/mol. The molecule has 0 bridgehead atoms. The van der Waals surface area contributed by atoms with Crippen LogP contribution in [0.25, 0.3) is 0 Å². The van der Waals surface area contributed by atoms with E-state index in [4.69, 9.17) is 4.74 Å². The second-order valence-electron chi connectivity index (χ2n) is 8.19. The van der Waals surface area contributed by atoms with E-state index in [1.165, 1.54) is 12.1 Å². The Hall–Kier alpha value is -3.49. The van der Waals surface area contributed by atoms with Gasteiger partial charge in [0.05, 0.1) is 23.6 Å². The number of unbranched alkanes of at least 4 members (excludes halogenated alkanes) is 1. The summed E-state index contributed by atoms with van der Waals surface area (Å²) >= 11 is 0. The largest absolute Gasteiger partial charge is 0.462 e. The second kappa shape index (κ2) is 12.3. The molecule has 0 unspecified atom stereocenters. The first-order valence-corrected chi connectivity index (χ1v) is 12.9. The van der Waals surface area contributed by atoms with E-state index in [-0.39, 0.29) is 18.0 Å². The number of aryl methyl sites for hydroxylation is 1. The Morgan fingerprint density at radius 3 is 2.20 bits per heavy atom. The molecule has 0 heterocycles. The SMILES string of the molecule is CCCCOC(=O)c1ccc(NC(=O)CN(Cc2ccc(C)cc2)S(=O)(=O)c2ccccc2)cc1. The maximum absolute atomic E-state index is 13.3. The molecule has 0 saturated carbocycles. The molecule has 35 heavy (non-hydrogen) atoms. The normalized spacial score (nSPS) is 11.3. The van der Waals surface area contributed by atoms with Crippen molar-refractivity contribution >= 4 is 27.6 Å². The van der Waals surface area contributed by atoms with E-state index in [2.05, 4.69) is 5.32 Å². The average molecular weight is 495 g/mol. The first-order chi connectivity index (χ1) is 16.8. The zero-order valence-corrected chi connectivity index (χ0v) is 20.8. The van der Waals surface area contributed by atoms with Gasteiger partial charge >= 0.3 is 5.97 Å². The van der Waals surface area contributed by atoms with Crippen molar-refractivity contribution in [2.24, 2.45) is 0 Å². The fourth-order valence-corrected chi connectivity index (χ4v) is 4.71. The summed E-state index contributed by atoms with van der Waals surface area (Å²) in [6.07, 6.45) is 1.73. The average Bonchev–Trinajstić information content (AvgIpc) is 2.86. The van der Waals surface area contributed by atoms with Crippen LogP contribution in [-0.2, 0) is 26.1 Å². The number of carbonyl (C=O) groups excluding carboxylic acids is 2. The number of carbonyl (C=O) groups is 2. The Kier molecular flexibility index (Phi) is 9.17. The Morgan fingerprint density at radius 1 is 0.914 bits per heavy atom. The van der Waals surface area contributed by atoms with Crippen molar-refractivity contribution in [3.63, 3.8) is 0 Å². The van der Waals surface area contributed by atoms with Gasteiger partial charge in [0.15, 0.2) is 0 Å². The van der Waals surface area contributed by atoms with Crippen molar-refractivity contribution in [2.75, 3.05) is 18.5 Å². The molecule has 0 saturated heterocycles. The molecule has 3 rings (SSSR count). The predicted molar refractivity (Wildman–Crippen MR) is 135 cm³/mol. The molecule has 0 spiro atoms. The lowest BCUT2D eigenvalue weighted by Gasteiger charge is -2.22. The summed E-state index contributed by atoms with van der Waals surface area (Å²) in [5.74, 6) is -0.913. The van der Waals surface area contributed by atoms with Gasteiger partial charge in [-0.1, -0.05) is 61.4 Å². The summed E-state index contributed by atoms with van der Waals surface area (Å²) in [7, 11) is -3.91. The van der Waals surface area contributed by atoms with E-state index in [1.807, 2.05) is 38.1 Å². The number of amides is 1. The smallest absolute Gasteiger partial charge is 0.338 e. The lowest BCUT2D eigenvalue weighted by molar-refractivity contribution is -0.116. The van der Waals surface area contributed by atoms with E-state index < -0.39 is 21.9 Å². The zero-order valence-electron chi connectivity index (χ0n) is 19.9. The topological polar surface area (TPSA) is 92.8 Å². The van der Waals surface area contributed by atoms with Gasteiger partial charge in [0.2, 0.25) is 15.9 Å².